The molecule has 1 nitrogen and oxygen atoms in total. The van der Waals surface area contributed by atoms with Crippen LogP contribution in [0, 0.1) is 0 Å². The van der Waals surface area contributed by atoms with E-state index < -0.39 is 11.9 Å². The number of halogens is 3. The molecule has 0 aliphatic carbocycles. The summed E-state index contributed by atoms with van der Waals surface area (Å²) >= 11 is 0. The van der Waals surface area contributed by atoms with Crippen LogP contribution in [0.15, 0.2) is 28.9 Å². The maximum Gasteiger partial charge on any atom is 0.433 e. The summed E-state index contributed by atoms with van der Waals surface area (Å²) in [7, 11) is 0. The second-order valence-corrected chi connectivity index (χ2v) is 2.48. The molecule has 0 spiro atoms. The summed E-state index contributed by atoms with van der Waals surface area (Å²) in [4.78, 5) is 3.41. The number of aliphatic imine (C=N–C) groups is 1. The molecule has 4 heteroatoms. The Labute approximate surface area is 68.3 Å². The van der Waals surface area contributed by atoms with Crippen molar-refractivity contribution < 1.29 is 13.2 Å². The minimum absolute atomic E-state index is 0.287. The molecule has 0 unspecified atom stereocenters. The van der Waals surface area contributed by atoms with E-state index in [1.165, 1.54) is 0 Å². The van der Waals surface area contributed by atoms with Crippen LogP contribution in [0.5, 0.6) is 0 Å². The zero-order valence-corrected chi connectivity index (χ0v) is 6.52. The van der Waals surface area contributed by atoms with Gasteiger partial charge in [0, 0.05) is 5.71 Å². The van der Waals surface area contributed by atoms with Crippen molar-refractivity contribution in [2.24, 2.45) is 4.99 Å². The van der Waals surface area contributed by atoms with E-state index in [1.54, 1.807) is 19.1 Å². The van der Waals surface area contributed by atoms with Gasteiger partial charge >= 0.3 is 6.18 Å². The standard InChI is InChI=1S/C8H8F3N/c1-6-4-2-3-5-7(12-6)8(9,10)11/h2,4-5H,3H2,1H3. The van der Waals surface area contributed by atoms with Crippen molar-refractivity contribution in [1.29, 1.82) is 0 Å². The SMILES string of the molecule is CC1=NC(C(F)(F)F)=CCC=C1. The molecule has 0 aromatic rings. The molecule has 0 bridgehead atoms. The summed E-state index contributed by atoms with van der Waals surface area (Å²) < 4.78 is 36.3. The van der Waals surface area contributed by atoms with Crippen molar-refractivity contribution in [2.75, 3.05) is 0 Å². The highest BCUT2D eigenvalue weighted by Crippen LogP contribution is 2.27. The zero-order valence-electron chi connectivity index (χ0n) is 6.52. The molecule has 0 N–H and O–H groups in total. The van der Waals surface area contributed by atoms with Crippen LogP contribution in [-0.2, 0) is 0 Å². The molecular formula is C8H8F3N. The van der Waals surface area contributed by atoms with E-state index in [1.807, 2.05) is 0 Å². The summed E-state index contributed by atoms with van der Waals surface area (Å²) in [5.41, 5.74) is -0.416. The van der Waals surface area contributed by atoms with Gasteiger partial charge in [-0.2, -0.15) is 13.2 Å². The summed E-state index contributed by atoms with van der Waals surface area (Å²) in [5.74, 6) is 0. The highest BCUT2D eigenvalue weighted by atomic mass is 19.4. The number of nitrogens with zero attached hydrogens (tertiary/aromatic N) is 1. The molecule has 66 valence electrons. The quantitative estimate of drug-likeness (QED) is 0.536. The molecule has 0 saturated carbocycles. The highest BCUT2D eigenvalue weighted by Gasteiger charge is 2.33. The molecule has 0 radical (unpaired) electrons. The average molecular weight is 175 g/mol. The van der Waals surface area contributed by atoms with Gasteiger partial charge in [-0.3, -0.25) is 0 Å². The molecule has 0 atom stereocenters. The Kier molecular flexibility index (Phi) is 2.35. The Morgan fingerprint density at radius 3 is 2.67 bits per heavy atom. The lowest BCUT2D eigenvalue weighted by atomic mass is 10.3. The van der Waals surface area contributed by atoms with Crippen molar-refractivity contribution in [3.05, 3.63) is 23.9 Å². The first-order chi connectivity index (χ1) is 5.50. The van der Waals surface area contributed by atoms with Crippen LogP contribution in [0.3, 0.4) is 0 Å². The first-order valence-electron chi connectivity index (χ1n) is 3.49. The lowest BCUT2D eigenvalue weighted by Gasteiger charge is -2.05. The van der Waals surface area contributed by atoms with Crippen LogP contribution in [0.2, 0.25) is 0 Å². The van der Waals surface area contributed by atoms with E-state index in [0.717, 1.165) is 6.08 Å². The van der Waals surface area contributed by atoms with Gasteiger partial charge in [-0.05, 0) is 25.5 Å². The Hall–Kier alpha value is -1.06. The summed E-state index contributed by atoms with van der Waals surface area (Å²) in [6.45, 7) is 1.54. The number of hydrogen-bond acceptors (Lipinski definition) is 1. The van der Waals surface area contributed by atoms with Crippen molar-refractivity contribution in [1.82, 2.24) is 0 Å². The fraction of sp³-hybridized carbons (Fsp3) is 0.375. The van der Waals surface area contributed by atoms with Crippen LogP contribution in [-0.4, -0.2) is 11.9 Å². The van der Waals surface area contributed by atoms with Crippen LogP contribution in [0.25, 0.3) is 0 Å². The monoisotopic (exact) mass is 175 g/mol. The van der Waals surface area contributed by atoms with Crippen molar-refractivity contribution in [2.45, 2.75) is 19.5 Å². The summed E-state index contributed by atoms with van der Waals surface area (Å²) in [6, 6.07) is 0. The van der Waals surface area contributed by atoms with E-state index in [2.05, 4.69) is 4.99 Å². The zero-order chi connectivity index (χ0) is 9.19. The van der Waals surface area contributed by atoms with E-state index >= 15 is 0 Å². The number of rotatable bonds is 0. The molecular weight excluding hydrogens is 167 g/mol. The number of alkyl halides is 3. The molecule has 0 saturated heterocycles. The minimum atomic E-state index is -4.33. The van der Waals surface area contributed by atoms with Crippen molar-refractivity contribution in [3.63, 3.8) is 0 Å². The third-order valence-electron chi connectivity index (χ3n) is 1.39. The van der Waals surface area contributed by atoms with E-state index in [-0.39, 0.29) is 6.42 Å². The smallest absolute Gasteiger partial charge is 0.249 e. The molecule has 1 aliphatic rings. The van der Waals surface area contributed by atoms with Crippen LogP contribution >= 0.6 is 0 Å². The lowest BCUT2D eigenvalue weighted by molar-refractivity contribution is -0.0924. The number of allylic oxidation sites excluding steroid dienone is 4. The van der Waals surface area contributed by atoms with E-state index in [9.17, 15) is 13.2 Å². The molecule has 0 aromatic carbocycles. The Morgan fingerprint density at radius 1 is 1.42 bits per heavy atom. The van der Waals surface area contributed by atoms with Crippen molar-refractivity contribution in [3.8, 4) is 0 Å². The maximum absolute atomic E-state index is 12.1. The Morgan fingerprint density at radius 2 is 2.08 bits per heavy atom. The maximum atomic E-state index is 12.1. The molecule has 12 heavy (non-hydrogen) atoms. The molecule has 0 aromatic heterocycles. The second kappa shape index (κ2) is 3.13. The van der Waals surface area contributed by atoms with Gasteiger partial charge in [0.2, 0.25) is 0 Å². The van der Waals surface area contributed by atoms with Gasteiger partial charge < -0.3 is 0 Å². The van der Waals surface area contributed by atoms with Gasteiger partial charge in [-0.25, -0.2) is 4.99 Å². The molecule has 1 aliphatic heterocycles. The van der Waals surface area contributed by atoms with Gasteiger partial charge in [0.25, 0.3) is 0 Å². The average Bonchev–Trinajstić information content (AvgIpc) is 2.11. The predicted octanol–water partition coefficient (Wildman–Crippen LogP) is 2.85. The minimum Gasteiger partial charge on any atom is -0.249 e. The Bertz CT molecular complexity index is 258. The number of hydrogen-bond donors (Lipinski definition) is 0. The van der Waals surface area contributed by atoms with Crippen LogP contribution in [0.1, 0.15) is 13.3 Å². The summed E-state index contributed by atoms with van der Waals surface area (Å²) in [6.07, 6.45) is 0.267. The third kappa shape index (κ3) is 2.22. The lowest BCUT2D eigenvalue weighted by Crippen LogP contribution is -2.10. The molecule has 0 amide bonds. The van der Waals surface area contributed by atoms with E-state index in [4.69, 9.17) is 0 Å². The fourth-order valence-electron chi connectivity index (χ4n) is 0.870. The van der Waals surface area contributed by atoms with Gasteiger partial charge in [0.05, 0.1) is 0 Å². The largest absolute Gasteiger partial charge is 0.433 e. The second-order valence-electron chi connectivity index (χ2n) is 2.48. The van der Waals surface area contributed by atoms with Crippen LogP contribution in [0.4, 0.5) is 13.2 Å². The molecule has 0 fully saturated rings. The highest BCUT2D eigenvalue weighted by molar-refractivity contribution is 5.93. The molecule has 1 heterocycles. The van der Waals surface area contributed by atoms with Gasteiger partial charge in [0.15, 0.2) is 0 Å². The fourth-order valence-corrected chi connectivity index (χ4v) is 0.870. The third-order valence-corrected chi connectivity index (χ3v) is 1.39. The first-order valence-corrected chi connectivity index (χ1v) is 3.49. The molecule has 1 rings (SSSR count). The topological polar surface area (TPSA) is 12.4 Å². The van der Waals surface area contributed by atoms with Crippen molar-refractivity contribution >= 4 is 5.71 Å². The van der Waals surface area contributed by atoms with Crippen LogP contribution < -0.4 is 0 Å². The van der Waals surface area contributed by atoms with Gasteiger partial charge in [-0.1, -0.05) is 6.08 Å². The van der Waals surface area contributed by atoms with Gasteiger partial charge in [-0.15, -0.1) is 0 Å². The van der Waals surface area contributed by atoms with Gasteiger partial charge in [0.1, 0.15) is 5.70 Å². The Balaban J connectivity index is 2.93. The predicted molar refractivity (Wildman–Crippen MR) is 41.0 cm³/mol. The first kappa shape index (κ1) is 9.03. The van der Waals surface area contributed by atoms with E-state index in [0.29, 0.717) is 5.71 Å². The summed E-state index contributed by atoms with van der Waals surface area (Å²) in [5, 5.41) is 0. The normalized spacial score (nSPS) is 18.3.